The van der Waals surface area contributed by atoms with Gasteiger partial charge in [0.2, 0.25) is 0 Å². The number of nitrogens with one attached hydrogen (secondary N) is 2. The average Bonchev–Trinajstić information content (AvgIpc) is 3.13. The minimum atomic E-state index is -0.563. The minimum absolute atomic E-state index is 0. The first-order valence-corrected chi connectivity index (χ1v) is 9.15. The third-order valence-corrected chi connectivity index (χ3v) is 4.43. The Bertz CT molecular complexity index is 584. The standard InChI is InChI=1S/C19H29F2N3O2.HI/c1-14(17-5-4-16(20)10-18(17)21)11-24-19(22-2)23-7-3-8-25-12-15-6-9-26-13-15;/h4-5,10,14-15H,3,6-9,11-13H2,1-2H3,(H2,22,23,24);1H. The van der Waals surface area contributed by atoms with Gasteiger partial charge >= 0.3 is 0 Å². The molecule has 1 aromatic carbocycles. The first kappa shape index (κ1) is 24.0. The van der Waals surface area contributed by atoms with Crippen molar-refractivity contribution in [2.75, 3.05) is 46.6 Å². The van der Waals surface area contributed by atoms with E-state index in [-0.39, 0.29) is 29.9 Å². The molecule has 1 fully saturated rings. The van der Waals surface area contributed by atoms with Crippen LogP contribution in [0.5, 0.6) is 0 Å². The Labute approximate surface area is 177 Å². The summed E-state index contributed by atoms with van der Waals surface area (Å²) in [5, 5.41) is 6.38. The molecule has 1 aliphatic heterocycles. The van der Waals surface area contributed by atoms with E-state index in [1.807, 2.05) is 6.92 Å². The van der Waals surface area contributed by atoms with E-state index in [1.54, 1.807) is 7.05 Å². The number of benzene rings is 1. The summed E-state index contributed by atoms with van der Waals surface area (Å²) in [5.41, 5.74) is 0.485. The molecule has 1 aliphatic rings. The van der Waals surface area contributed by atoms with Gasteiger partial charge < -0.3 is 20.1 Å². The van der Waals surface area contributed by atoms with Gasteiger partial charge in [-0.2, -0.15) is 0 Å². The molecule has 0 bridgehead atoms. The van der Waals surface area contributed by atoms with Crippen LogP contribution in [-0.4, -0.2) is 52.5 Å². The van der Waals surface area contributed by atoms with Gasteiger partial charge in [-0.3, -0.25) is 4.99 Å². The molecule has 0 spiro atoms. The highest BCUT2D eigenvalue weighted by Crippen LogP contribution is 2.19. The third-order valence-electron chi connectivity index (χ3n) is 4.43. The Balaban J connectivity index is 0.00000364. The summed E-state index contributed by atoms with van der Waals surface area (Å²) < 4.78 is 37.8. The lowest BCUT2D eigenvalue weighted by atomic mass is 10.0. The molecule has 2 N–H and O–H groups in total. The number of ether oxygens (including phenoxy) is 2. The van der Waals surface area contributed by atoms with Gasteiger partial charge in [0.1, 0.15) is 11.6 Å². The van der Waals surface area contributed by atoms with Crippen molar-refractivity contribution in [2.24, 2.45) is 10.9 Å². The Morgan fingerprint density at radius 3 is 2.85 bits per heavy atom. The van der Waals surface area contributed by atoms with Crippen LogP contribution in [0.4, 0.5) is 8.78 Å². The minimum Gasteiger partial charge on any atom is -0.381 e. The molecule has 2 atom stereocenters. The highest BCUT2D eigenvalue weighted by atomic mass is 127. The summed E-state index contributed by atoms with van der Waals surface area (Å²) in [6, 6.07) is 3.68. The fraction of sp³-hybridized carbons (Fsp3) is 0.632. The number of aliphatic imine (C=N–C) groups is 1. The second-order valence-electron chi connectivity index (χ2n) is 6.60. The summed E-state index contributed by atoms with van der Waals surface area (Å²) in [6.07, 6.45) is 1.96. The molecule has 0 aliphatic carbocycles. The van der Waals surface area contributed by atoms with Gasteiger partial charge in [0, 0.05) is 51.3 Å². The molecular formula is C19H30F2IN3O2. The lowest BCUT2D eigenvalue weighted by Gasteiger charge is -2.17. The molecule has 2 unspecified atom stereocenters. The molecule has 0 radical (unpaired) electrons. The van der Waals surface area contributed by atoms with Crippen molar-refractivity contribution in [3.8, 4) is 0 Å². The Hall–Kier alpha value is -1.00. The van der Waals surface area contributed by atoms with Crippen LogP contribution in [0.15, 0.2) is 23.2 Å². The van der Waals surface area contributed by atoms with Crippen molar-refractivity contribution in [2.45, 2.75) is 25.7 Å². The van der Waals surface area contributed by atoms with Crippen LogP contribution in [0.25, 0.3) is 0 Å². The summed E-state index contributed by atoms with van der Waals surface area (Å²) in [7, 11) is 1.69. The predicted molar refractivity (Wildman–Crippen MR) is 114 cm³/mol. The molecule has 0 aromatic heterocycles. The summed E-state index contributed by atoms with van der Waals surface area (Å²) in [4.78, 5) is 4.15. The van der Waals surface area contributed by atoms with Crippen LogP contribution in [0, 0.1) is 17.6 Å². The molecule has 154 valence electrons. The van der Waals surface area contributed by atoms with Crippen molar-refractivity contribution < 1.29 is 18.3 Å². The van der Waals surface area contributed by atoms with E-state index in [0.717, 1.165) is 45.3 Å². The van der Waals surface area contributed by atoms with Crippen molar-refractivity contribution in [1.29, 1.82) is 0 Å². The first-order chi connectivity index (χ1) is 12.6. The van der Waals surface area contributed by atoms with Gasteiger partial charge in [-0.25, -0.2) is 8.78 Å². The summed E-state index contributed by atoms with van der Waals surface area (Å²) >= 11 is 0. The highest BCUT2D eigenvalue weighted by Gasteiger charge is 2.15. The zero-order valence-electron chi connectivity index (χ0n) is 16.0. The molecule has 1 saturated heterocycles. The van der Waals surface area contributed by atoms with Gasteiger partial charge in [0.05, 0.1) is 13.2 Å². The van der Waals surface area contributed by atoms with E-state index in [9.17, 15) is 8.78 Å². The fourth-order valence-corrected chi connectivity index (χ4v) is 2.83. The lowest BCUT2D eigenvalue weighted by Crippen LogP contribution is -2.39. The maximum Gasteiger partial charge on any atom is 0.190 e. The van der Waals surface area contributed by atoms with E-state index in [4.69, 9.17) is 9.47 Å². The second-order valence-corrected chi connectivity index (χ2v) is 6.60. The van der Waals surface area contributed by atoms with Crippen LogP contribution >= 0.6 is 24.0 Å². The molecule has 5 nitrogen and oxygen atoms in total. The van der Waals surface area contributed by atoms with E-state index in [1.165, 1.54) is 12.1 Å². The quantitative estimate of drug-likeness (QED) is 0.238. The number of rotatable bonds is 9. The van der Waals surface area contributed by atoms with Crippen molar-refractivity contribution in [3.05, 3.63) is 35.4 Å². The molecule has 1 heterocycles. The lowest BCUT2D eigenvalue weighted by molar-refractivity contribution is 0.0888. The topological polar surface area (TPSA) is 54.9 Å². The predicted octanol–water partition coefficient (Wildman–Crippen LogP) is 3.29. The first-order valence-electron chi connectivity index (χ1n) is 9.15. The van der Waals surface area contributed by atoms with Crippen molar-refractivity contribution in [1.82, 2.24) is 10.6 Å². The highest BCUT2D eigenvalue weighted by molar-refractivity contribution is 14.0. The molecule has 2 rings (SSSR count). The van der Waals surface area contributed by atoms with Crippen LogP contribution < -0.4 is 10.6 Å². The Kier molecular flexibility index (Phi) is 11.8. The summed E-state index contributed by atoms with van der Waals surface area (Å²) in [6.45, 7) is 6.22. The zero-order valence-corrected chi connectivity index (χ0v) is 18.3. The molecular weight excluding hydrogens is 467 g/mol. The van der Waals surface area contributed by atoms with Gasteiger partial charge in [0.25, 0.3) is 0 Å². The SMILES string of the molecule is CN=C(NCCCOCC1CCOC1)NCC(C)c1ccc(F)cc1F.I. The molecule has 0 saturated carbocycles. The number of hydrogen-bond acceptors (Lipinski definition) is 3. The largest absolute Gasteiger partial charge is 0.381 e. The Morgan fingerprint density at radius 2 is 2.19 bits per heavy atom. The monoisotopic (exact) mass is 497 g/mol. The van der Waals surface area contributed by atoms with Crippen LogP contribution in [0.2, 0.25) is 0 Å². The number of nitrogens with zero attached hydrogens (tertiary/aromatic N) is 1. The van der Waals surface area contributed by atoms with E-state index in [2.05, 4.69) is 15.6 Å². The molecule has 8 heteroatoms. The van der Waals surface area contributed by atoms with E-state index < -0.39 is 11.6 Å². The maximum absolute atomic E-state index is 13.8. The van der Waals surface area contributed by atoms with Gasteiger partial charge in [-0.05, 0) is 24.5 Å². The van der Waals surface area contributed by atoms with Crippen LogP contribution in [-0.2, 0) is 9.47 Å². The van der Waals surface area contributed by atoms with Crippen LogP contribution in [0.3, 0.4) is 0 Å². The smallest absolute Gasteiger partial charge is 0.190 e. The zero-order chi connectivity index (χ0) is 18.8. The van der Waals surface area contributed by atoms with Crippen molar-refractivity contribution in [3.63, 3.8) is 0 Å². The van der Waals surface area contributed by atoms with Crippen molar-refractivity contribution >= 4 is 29.9 Å². The van der Waals surface area contributed by atoms with Crippen LogP contribution in [0.1, 0.15) is 31.2 Å². The molecule has 27 heavy (non-hydrogen) atoms. The average molecular weight is 497 g/mol. The number of halogens is 3. The van der Waals surface area contributed by atoms with Gasteiger partial charge in [-0.1, -0.05) is 13.0 Å². The second kappa shape index (κ2) is 13.2. The van der Waals surface area contributed by atoms with Gasteiger partial charge in [0.15, 0.2) is 5.96 Å². The van der Waals surface area contributed by atoms with Gasteiger partial charge in [-0.15, -0.1) is 24.0 Å². The van der Waals surface area contributed by atoms with E-state index in [0.29, 0.717) is 30.6 Å². The Morgan fingerprint density at radius 1 is 1.37 bits per heavy atom. The fourth-order valence-electron chi connectivity index (χ4n) is 2.83. The normalized spacial score (nSPS) is 18.1. The van der Waals surface area contributed by atoms with E-state index >= 15 is 0 Å². The number of guanidine groups is 1. The molecule has 0 amide bonds. The maximum atomic E-state index is 13.8. The molecule has 1 aromatic rings. The number of hydrogen-bond donors (Lipinski definition) is 2. The third kappa shape index (κ3) is 8.69. The summed E-state index contributed by atoms with van der Waals surface area (Å²) in [5.74, 6) is -0.000896.